The van der Waals surface area contributed by atoms with E-state index in [4.69, 9.17) is 5.73 Å². The van der Waals surface area contributed by atoms with Crippen molar-refractivity contribution in [1.29, 1.82) is 5.26 Å². The average Bonchev–Trinajstić information content (AvgIpc) is 3.45. The Morgan fingerprint density at radius 2 is 1.97 bits per heavy atom. The summed E-state index contributed by atoms with van der Waals surface area (Å²) >= 11 is 0. The van der Waals surface area contributed by atoms with Gasteiger partial charge in [0, 0.05) is 25.7 Å². The summed E-state index contributed by atoms with van der Waals surface area (Å²) in [5, 5.41) is 9.27. The molecule has 4 aliphatic rings. The maximum Gasteiger partial charge on any atom is 0.241 e. The number of benzene rings is 1. The highest BCUT2D eigenvalue weighted by Crippen LogP contribution is 2.47. The molecule has 2 amide bonds. The van der Waals surface area contributed by atoms with E-state index in [1.807, 2.05) is 21.9 Å². The molecule has 2 bridgehead atoms. The van der Waals surface area contributed by atoms with Crippen molar-refractivity contribution in [2.24, 2.45) is 11.7 Å². The molecule has 8 heteroatoms. The number of amides is 2. The van der Waals surface area contributed by atoms with Gasteiger partial charge in [0.25, 0.3) is 0 Å². The number of nitriles is 1. The highest BCUT2D eigenvalue weighted by atomic mass is 19.1. The maximum absolute atomic E-state index is 13.5. The lowest BCUT2D eigenvalue weighted by Gasteiger charge is -2.45. The molecule has 1 aliphatic carbocycles. The van der Waals surface area contributed by atoms with E-state index in [1.54, 1.807) is 4.90 Å². The van der Waals surface area contributed by atoms with E-state index in [0.29, 0.717) is 32.0 Å². The van der Waals surface area contributed by atoms with Crippen molar-refractivity contribution in [2.45, 2.75) is 68.7 Å². The van der Waals surface area contributed by atoms with Crippen LogP contribution in [0.15, 0.2) is 24.3 Å². The van der Waals surface area contributed by atoms with Gasteiger partial charge in [0.15, 0.2) is 0 Å². The first-order valence-electron chi connectivity index (χ1n) is 11.8. The fraction of sp³-hybridized carbons (Fsp3) is 0.625. The quantitative estimate of drug-likeness (QED) is 0.730. The molecule has 0 spiro atoms. The SMILES string of the molecule is N#C[C@@H]1CCCN1C(=O)[C@@H](N)CN1CC2C[C@H]1C(=O)N2C(c1ccc(F)cc1)C1CCC1. The molecule has 1 aromatic rings. The van der Waals surface area contributed by atoms with E-state index in [0.717, 1.165) is 31.2 Å². The number of carbonyl (C=O) groups excluding carboxylic acids is 2. The van der Waals surface area contributed by atoms with Crippen molar-refractivity contribution in [3.05, 3.63) is 35.6 Å². The summed E-state index contributed by atoms with van der Waals surface area (Å²) in [5.74, 6) is 0.0500. The van der Waals surface area contributed by atoms with Crippen LogP contribution in [0.5, 0.6) is 0 Å². The molecule has 3 saturated heterocycles. The van der Waals surface area contributed by atoms with E-state index in [1.165, 1.54) is 18.6 Å². The highest BCUT2D eigenvalue weighted by molar-refractivity contribution is 5.87. The first-order valence-corrected chi connectivity index (χ1v) is 11.8. The second-order valence-corrected chi connectivity index (χ2v) is 9.72. The van der Waals surface area contributed by atoms with Gasteiger partial charge in [-0.15, -0.1) is 0 Å². The number of nitrogens with two attached hydrogens (primary N) is 1. The van der Waals surface area contributed by atoms with E-state index < -0.39 is 6.04 Å². The van der Waals surface area contributed by atoms with E-state index in [2.05, 4.69) is 6.07 Å². The van der Waals surface area contributed by atoms with E-state index in [9.17, 15) is 19.2 Å². The van der Waals surface area contributed by atoms with Gasteiger partial charge in [-0.1, -0.05) is 18.6 Å². The Hall–Kier alpha value is -2.50. The minimum Gasteiger partial charge on any atom is -0.330 e. The third kappa shape index (κ3) is 3.57. The number of fused-ring (bicyclic) bond motifs is 2. The Morgan fingerprint density at radius 1 is 1.22 bits per heavy atom. The minimum absolute atomic E-state index is 0.00899. The van der Waals surface area contributed by atoms with E-state index in [-0.39, 0.29) is 41.8 Å². The molecule has 2 N–H and O–H groups in total. The number of rotatable bonds is 6. The van der Waals surface area contributed by atoms with Crippen LogP contribution in [0, 0.1) is 23.1 Å². The smallest absolute Gasteiger partial charge is 0.241 e. The third-order valence-electron chi connectivity index (χ3n) is 7.86. The second kappa shape index (κ2) is 8.45. The van der Waals surface area contributed by atoms with Gasteiger partial charge < -0.3 is 15.5 Å². The normalized spacial score (nSPS) is 29.8. The molecule has 5 rings (SSSR count). The second-order valence-electron chi connectivity index (χ2n) is 9.72. The first kappa shape index (κ1) is 21.4. The van der Waals surface area contributed by atoms with Gasteiger partial charge in [-0.3, -0.25) is 14.5 Å². The molecular weight excluding hydrogens is 409 g/mol. The van der Waals surface area contributed by atoms with Crippen LogP contribution < -0.4 is 5.73 Å². The highest BCUT2D eigenvalue weighted by Gasteiger charge is 2.54. The molecule has 2 unspecified atom stereocenters. The average molecular weight is 440 g/mol. The van der Waals surface area contributed by atoms with Crippen LogP contribution in [0.2, 0.25) is 0 Å². The van der Waals surface area contributed by atoms with Crippen molar-refractivity contribution in [3.63, 3.8) is 0 Å². The number of hydrogen-bond acceptors (Lipinski definition) is 5. The number of piperazine rings is 1. The molecule has 0 aromatic heterocycles. The Kier molecular flexibility index (Phi) is 5.64. The minimum atomic E-state index is -0.732. The van der Waals surface area contributed by atoms with Gasteiger partial charge in [0.1, 0.15) is 11.9 Å². The van der Waals surface area contributed by atoms with Gasteiger partial charge in [-0.25, -0.2) is 4.39 Å². The molecule has 1 saturated carbocycles. The van der Waals surface area contributed by atoms with Crippen molar-refractivity contribution in [3.8, 4) is 6.07 Å². The summed E-state index contributed by atoms with van der Waals surface area (Å²) in [5.41, 5.74) is 7.25. The monoisotopic (exact) mass is 439 g/mol. The summed E-state index contributed by atoms with van der Waals surface area (Å²) in [6.45, 7) is 1.60. The van der Waals surface area contributed by atoms with Gasteiger partial charge >= 0.3 is 0 Å². The van der Waals surface area contributed by atoms with Crippen molar-refractivity contribution in [2.75, 3.05) is 19.6 Å². The standard InChI is InChI=1S/C24H30FN5O2/c25-17-8-6-16(7-9-17)22(15-3-1-4-15)30-19-11-21(24(30)32)28(13-19)14-20(27)23(31)29-10-2-5-18(29)12-26/h6-9,15,18-22H,1-5,10-11,13-14,27H2/t18-,19?,20-,21-,22?/m0/s1. The maximum atomic E-state index is 13.5. The zero-order valence-electron chi connectivity index (χ0n) is 18.2. The lowest BCUT2D eigenvalue weighted by atomic mass is 9.76. The first-order chi connectivity index (χ1) is 15.5. The van der Waals surface area contributed by atoms with Gasteiger partial charge in [-0.2, -0.15) is 5.26 Å². The molecule has 0 radical (unpaired) electrons. The summed E-state index contributed by atoms with van der Waals surface area (Å²) in [7, 11) is 0. The predicted octanol–water partition coefficient (Wildman–Crippen LogP) is 1.79. The van der Waals surface area contributed by atoms with Crippen LogP contribution in [0.4, 0.5) is 4.39 Å². The molecule has 7 nitrogen and oxygen atoms in total. The fourth-order valence-corrected chi connectivity index (χ4v) is 6.04. The number of hydrogen-bond donors (Lipinski definition) is 1. The number of carbonyl (C=O) groups is 2. The predicted molar refractivity (Wildman–Crippen MR) is 115 cm³/mol. The van der Waals surface area contributed by atoms with Crippen LogP contribution in [0.1, 0.15) is 50.1 Å². The van der Waals surface area contributed by atoms with Crippen molar-refractivity contribution < 1.29 is 14.0 Å². The molecule has 170 valence electrons. The fourth-order valence-electron chi connectivity index (χ4n) is 6.04. The van der Waals surface area contributed by atoms with Crippen LogP contribution in [-0.2, 0) is 9.59 Å². The topological polar surface area (TPSA) is 93.7 Å². The summed E-state index contributed by atoms with van der Waals surface area (Å²) in [6, 6.07) is 7.46. The molecule has 5 atom stereocenters. The molecular formula is C24H30FN5O2. The Morgan fingerprint density at radius 3 is 2.59 bits per heavy atom. The zero-order chi connectivity index (χ0) is 22.4. The molecule has 1 aromatic carbocycles. The van der Waals surface area contributed by atoms with Gasteiger partial charge in [0.2, 0.25) is 11.8 Å². The molecule has 3 heterocycles. The summed E-state index contributed by atoms with van der Waals surface area (Å²) in [6.07, 6.45) is 5.61. The van der Waals surface area contributed by atoms with Gasteiger partial charge in [0.05, 0.1) is 24.2 Å². The zero-order valence-corrected chi connectivity index (χ0v) is 18.2. The van der Waals surface area contributed by atoms with Crippen LogP contribution in [0.25, 0.3) is 0 Å². The molecule has 32 heavy (non-hydrogen) atoms. The van der Waals surface area contributed by atoms with Crippen LogP contribution in [-0.4, -0.2) is 70.3 Å². The summed E-state index contributed by atoms with van der Waals surface area (Å²) in [4.78, 5) is 31.9. The van der Waals surface area contributed by atoms with E-state index >= 15 is 0 Å². The largest absolute Gasteiger partial charge is 0.330 e. The lowest BCUT2D eigenvalue weighted by Crippen LogP contribution is -2.57. The number of nitrogens with zero attached hydrogens (tertiary/aromatic N) is 4. The van der Waals surface area contributed by atoms with Crippen LogP contribution >= 0.6 is 0 Å². The Labute approximate surface area is 187 Å². The summed E-state index contributed by atoms with van der Waals surface area (Å²) < 4.78 is 13.5. The lowest BCUT2D eigenvalue weighted by molar-refractivity contribution is -0.143. The van der Waals surface area contributed by atoms with Crippen LogP contribution in [0.3, 0.4) is 0 Å². The molecule has 3 aliphatic heterocycles. The number of likely N-dealkylation sites (tertiary alicyclic amines) is 3. The Bertz CT molecular complexity index is 927. The third-order valence-corrected chi connectivity index (χ3v) is 7.86. The molecule has 4 fully saturated rings. The van der Waals surface area contributed by atoms with Crippen molar-refractivity contribution in [1.82, 2.24) is 14.7 Å². The number of halogens is 1. The van der Waals surface area contributed by atoms with Crippen molar-refractivity contribution >= 4 is 11.8 Å². The Balaban J connectivity index is 1.28. The van der Waals surface area contributed by atoms with Gasteiger partial charge in [-0.05, 0) is 55.7 Å².